The Kier molecular flexibility index (Phi) is 5.60. The summed E-state index contributed by atoms with van der Waals surface area (Å²) in [7, 11) is 0. The van der Waals surface area contributed by atoms with Gasteiger partial charge in [0.1, 0.15) is 5.78 Å². The van der Waals surface area contributed by atoms with E-state index in [-0.39, 0.29) is 5.92 Å². The predicted octanol–water partition coefficient (Wildman–Crippen LogP) is 2.35. The maximum atomic E-state index is 11.7. The maximum absolute atomic E-state index is 11.7. The Morgan fingerprint density at radius 1 is 1.41 bits per heavy atom. The summed E-state index contributed by atoms with van der Waals surface area (Å²) in [6.45, 7) is 13.2. The highest BCUT2D eigenvalue weighted by Crippen LogP contribution is 2.25. The molecule has 3 heteroatoms. The zero-order valence-corrected chi connectivity index (χ0v) is 11.9. The number of ketones is 1. The molecule has 0 bridgehead atoms. The number of hydrogen-bond donors (Lipinski definition) is 0. The molecule has 100 valence electrons. The fourth-order valence-corrected chi connectivity index (χ4v) is 2.60. The van der Waals surface area contributed by atoms with E-state index in [1.165, 1.54) is 0 Å². The van der Waals surface area contributed by atoms with Crippen molar-refractivity contribution >= 4 is 5.78 Å². The number of Topliss-reactive ketones (excluding diaryl/α,β-unsaturated/α-hetero) is 1. The first-order chi connectivity index (χ1) is 7.99. The lowest BCUT2D eigenvalue weighted by Crippen LogP contribution is -2.54. The van der Waals surface area contributed by atoms with E-state index >= 15 is 0 Å². The van der Waals surface area contributed by atoms with Gasteiger partial charge in [0.05, 0.1) is 6.61 Å². The van der Waals surface area contributed by atoms with Crippen LogP contribution in [0, 0.1) is 11.8 Å². The van der Waals surface area contributed by atoms with Crippen LogP contribution in [0.2, 0.25) is 0 Å². The van der Waals surface area contributed by atoms with Crippen molar-refractivity contribution in [3.63, 3.8) is 0 Å². The summed E-state index contributed by atoms with van der Waals surface area (Å²) in [6, 6.07) is 0.768. The van der Waals surface area contributed by atoms with Crippen molar-refractivity contribution in [1.82, 2.24) is 4.90 Å². The van der Waals surface area contributed by atoms with Gasteiger partial charge in [0.2, 0.25) is 0 Å². The molecule has 0 spiro atoms. The molecule has 3 nitrogen and oxygen atoms in total. The molecule has 0 aromatic rings. The van der Waals surface area contributed by atoms with Crippen molar-refractivity contribution in [2.75, 3.05) is 19.8 Å². The topological polar surface area (TPSA) is 29.5 Å². The van der Waals surface area contributed by atoms with Crippen molar-refractivity contribution < 1.29 is 9.53 Å². The number of carbonyl (C=O) groups excluding carboxylic acids is 1. The molecule has 1 aliphatic heterocycles. The Hall–Kier alpha value is -0.410. The third-order valence-electron chi connectivity index (χ3n) is 4.06. The van der Waals surface area contributed by atoms with Gasteiger partial charge in [-0.15, -0.1) is 0 Å². The quantitative estimate of drug-likeness (QED) is 0.740. The molecular formula is C14H27NO2. The van der Waals surface area contributed by atoms with E-state index in [2.05, 4.69) is 32.6 Å². The van der Waals surface area contributed by atoms with E-state index in [1.807, 2.05) is 6.92 Å². The first-order valence-corrected chi connectivity index (χ1v) is 6.85. The minimum absolute atomic E-state index is 0.159. The summed E-state index contributed by atoms with van der Waals surface area (Å²) in [4.78, 5) is 14.2. The summed E-state index contributed by atoms with van der Waals surface area (Å²) >= 11 is 0. The molecule has 1 aliphatic rings. The van der Waals surface area contributed by atoms with Gasteiger partial charge in [-0.2, -0.15) is 0 Å². The van der Waals surface area contributed by atoms with Gasteiger partial charge in [-0.05, 0) is 19.8 Å². The monoisotopic (exact) mass is 241 g/mol. The van der Waals surface area contributed by atoms with E-state index < -0.39 is 0 Å². The number of piperidine rings is 1. The number of rotatable bonds is 5. The molecule has 1 saturated heterocycles. The van der Waals surface area contributed by atoms with Crippen LogP contribution in [0.5, 0.6) is 0 Å². The average Bonchev–Trinajstić information content (AvgIpc) is 2.28. The third-order valence-corrected chi connectivity index (χ3v) is 4.06. The molecule has 1 rings (SSSR count). The first kappa shape index (κ1) is 14.7. The number of hydrogen-bond acceptors (Lipinski definition) is 3. The van der Waals surface area contributed by atoms with E-state index in [9.17, 15) is 4.79 Å². The second-order valence-corrected chi connectivity index (χ2v) is 5.45. The second kappa shape index (κ2) is 6.50. The minimum Gasteiger partial charge on any atom is -0.380 e. The summed E-state index contributed by atoms with van der Waals surface area (Å²) in [5.74, 6) is 1.13. The molecule has 0 N–H and O–H groups in total. The van der Waals surface area contributed by atoms with Crippen LogP contribution >= 0.6 is 0 Å². The van der Waals surface area contributed by atoms with Crippen LogP contribution in [0.4, 0.5) is 0 Å². The lowest BCUT2D eigenvalue weighted by molar-refractivity contribution is -0.130. The summed E-state index contributed by atoms with van der Waals surface area (Å²) in [6.07, 6.45) is 0.695. The van der Waals surface area contributed by atoms with E-state index in [1.54, 1.807) is 0 Å². The van der Waals surface area contributed by atoms with E-state index in [4.69, 9.17) is 4.74 Å². The van der Waals surface area contributed by atoms with Crippen LogP contribution in [0.15, 0.2) is 0 Å². The van der Waals surface area contributed by atoms with Crippen molar-refractivity contribution in [2.24, 2.45) is 11.8 Å². The highest BCUT2D eigenvalue weighted by atomic mass is 16.5. The van der Waals surface area contributed by atoms with E-state index in [0.29, 0.717) is 30.2 Å². The van der Waals surface area contributed by atoms with Gasteiger partial charge in [-0.1, -0.05) is 20.8 Å². The van der Waals surface area contributed by atoms with Gasteiger partial charge in [-0.3, -0.25) is 9.69 Å². The zero-order chi connectivity index (χ0) is 13.0. The smallest absolute Gasteiger partial charge is 0.138 e. The van der Waals surface area contributed by atoms with E-state index in [0.717, 1.165) is 19.8 Å². The fraction of sp³-hybridized carbons (Fsp3) is 0.929. The summed E-state index contributed by atoms with van der Waals surface area (Å²) < 4.78 is 5.59. The van der Waals surface area contributed by atoms with Crippen LogP contribution in [-0.2, 0) is 9.53 Å². The molecule has 0 aromatic carbocycles. The molecule has 0 aliphatic carbocycles. The van der Waals surface area contributed by atoms with Crippen LogP contribution in [-0.4, -0.2) is 42.5 Å². The van der Waals surface area contributed by atoms with Gasteiger partial charge in [-0.25, -0.2) is 0 Å². The molecule has 0 saturated carbocycles. The standard InChI is InChI=1S/C14H27NO2/c1-6-17-9-13(10(2)3)15-8-7-14(16)11(4)12(15)5/h10-13H,6-9H2,1-5H3. The lowest BCUT2D eigenvalue weighted by atomic mass is 9.87. The molecule has 0 amide bonds. The maximum Gasteiger partial charge on any atom is 0.138 e. The molecule has 0 aromatic heterocycles. The van der Waals surface area contributed by atoms with Gasteiger partial charge < -0.3 is 4.74 Å². The fourth-order valence-electron chi connectivity index (χ4n) is 2.60. The molecule has 3 unspecified atom stereocenters. The molecule has 1 fully saturated rings. The molecule has 3 atom stereocenters. The van der Waals surface area contributed by atoms with Crippen LogP contribution in [0.3, 0.4) is 0 Å². The highest BCUT2D eigenvalue weighted by Gasteiger charge is 2.35. The Balaban J connectivity index is 2.69. The second-order valence-electron chi connectivity index (χ2n) is 5.45. The van der Waals surface area contributed by atoms with Gasteiger partial charge in [0.25, 0.3) is 0 Å². The first-order valence-electron chi connectivity index (χ1n) is 6.85. The normalized spacial score (nSPS) is 28.7. The van der Waals surface area contributed by atoms with Crippen molar-refractivity contribution in [1.29, 1.82) is 0 Å². The minimum atomic E-state index is 0.159. The number of carbonyl (C=O) groups is 1. The van der Waals surface area contributed by atoms with Crippen molar-refractivity contribution in [2.45, 2.75) is 53.1 Å². The van der Waals surface area contributed by atoms with Crippen LogP contribution < -0.4 is 0 Å². The SMILES string of the molecule is CCOCC(C(C)C)N1CCC(=O)C(C)C1C. The zero-order valence-electron chi connectivity index (χ0n) is 11.9. The Labute approximate surface area is 106 Å². The van der Waals surface area contributed by atoms with Gasteiger partial charge in [0.15, 0.2) is 0 Å². The molecule has 17 heavy (non-hydrogen) atoms. The third kappa shape index (κ3) is 3.52. The van der Waals surface area contributed by atoms with Crippen LogP contribution in [0.25, 0.3) is 0 Å². The summed E-state index contributed by atoms with van der Waals surface area (Å²) in [5, 5.41) is 0. The summed E-state index contributed by atoms with van der Waals surface area (Å²) in [5.41, 5.74) is 0. The highest BCUT2D eigenvalue weighted by molar-refractivity contribution is 5.82. The largest absolute Gasteiger partial charge is 0.380 e. The van der Waals surface area contributed by atoms with Crippen molar-refractivity contribution in [3.05, 3.63) is 0 Å². The Morgan fingerprint density at radius 3 is 2.59 bits per heavy atom. The predicted molar refractivity (Wildman–Crippen MR) is 70.1 cm³/mol. The van der Waals surface area contributed by atoms with Gasteiger partial charge in [0, 0.05) is 37.6 Å². The van der Waals surface area contributed by atoms with Crippen LogP contribution in [0.1, 0.15) is 41.0 Å². The Morgan fingerprint density at radius 2 is 2.06 bits per heavy atom. The number of likely N-dealkylation sites (tertiary alicyclic amines) is 1. The molecular weight excluding hydrogens is 214 g/mol. The molecule has 1 heterocycles. The van der Waals surface area contributed by atoms with Gasteiger partial charge >= 0.3 is 0 Å². The average molecular weight is 241 g/mol. The number of ether oxygens (including phenoxy) is 1. The number of nitrogens with zero attached hydrogens (tertiary/aromatic N) is 1. The Bertz CT molecular complexity index is 253. The molecule has 0 radical (unpaired) electrons. The lowest BCUT2D eigenvalue weighted by Gasteiger charge is -2.43. The van der Waals surface area contributed by atoms with Crippen molar-refractivity contribution in [3.8, 4) is 0 Å².